The second kappa shape index (κ2) is 11.0. The highest BCUT2D eigenvalue weighted by atomic mass is 79.9. The van der Waals surface area contributed by atoms with Crippen molar-refractivity contribution in [2.24, 2.45) is 5.92 Å². The molecular formula is C25H27BrClF3N2O2. The van der Waals surface area contributed by atoms with Gasteiger partial charge in [-0.3, -0.25) is 9.69 Å². The first-order chi connectivity index (χ1) is 16.2. The molecule has 1 aliphatic carbocycles. The first-order valence-electron chi connectivity index (χ1n) is 11.4. The van der Waals surface area contributed by atoms with E-state index in [9.17, 15) is 18.0 Å². The van der Waals surface area contributed by atoms with Crippen molar-refractivity contribution in [1.29, 1.82) is 0 Å². The quantitative estimate of drug-likeness (QED) is 0.481. The number of rotatable bonds is 5. The maximum atomic E-state index is 13.9. The maximum absolute atomic E-state index is 13.9. The zero-order chi connectivity index (χ0) is 24.3. The molecule has 4 atom stereocenters. The molecule has 1 unspecified atom stereocenters. The molecule has 2 aromatic rings. The molecule has 1 N–H and O–H groups in total. The number of morpholine rings is 1. The van der Waals surface area contributed by atoms with Gasteiger partial charge in [-0.25, -0.2) is 0 Å². The van der Waals surface area contributed by atoms with Crippen molar-refractivity contribution in [3.05, 3.63) is 69.2 Å². The molecule has 4 nitrogen and oxygen atoms in total. The second-order valence-electron chi connectivity index (χ2n) is 8.91. The van der Waals surface area contributed by atoms with Gasteiger partial charge in [0.2, 0.25) is 5.91 Å². The van der Waals surface area contributed by atoms with E-state index in [0.29, 0.717) is 24.7 Å². The third-order valence-electron chi connectivity index (χ3n) is 6.84. The van der Waals surface area contributed by atoms with Crippen molar-refractivity contribution >= 4 is 33.4 Å². The molecule has 184 valence electrons. The largest absolute Gasteiger partial charge is 0.412 e. The molecule has 34 heavy (non-hydrogen) atoms. The fourth-order valence-corrected chi connectivity index (χ4v) is 5.46. The summed E-state index contributed by atoms with van der Waals surface area (Å²) in [6.07, 6.45) is -2.61. The molecular weight excluding hydrogens is 533 g/mol. The highest BCUT2D eigenvalue weighted by Crippen LogP contribution is 2.42. The summed E-state index contributed by atoms with van der Waals surface area (Å²) in [5, 5.41) is 2.66. The summed E-state index contributed by atoms with van der Waals surface area (Å²) in [5.74, 6) is -1.28. The molecule has 2 aromatic carbocycles. The van der Waals surface area contributed by atoms with Crippen LogP contribution in [0.15, 0.2) is 53.0 Å². The Balaban J connectivity index is 1.57. The van der Waals surface area contributed by atoms with E-state index >= 15 is 0 Å². The van der Waals surface area contributed by atoms with E-state index < -0.39 is 24.0 Å². The number of ether oxygens (including phenoxy) is 1. The first kappa shape index (κ1) is 25.5. The van der Waals surface area contributed by atoms with Crippen molar-refractivity contribution in [1.82, 2.24) is 10.2 Å². The number of hydrogen-bond acceptors (Lipinski definition) is 3. The molecule has 0 spiro atoms. The fraction of sp³-hybridized carbons (Fsp3) is 0.480. The van der Waals surface area contributed by atoms with Crippen LogP contribution in [-0.4, -0.2) is 49.3 Å². The number of hydrogen-bond donors (Lipinski definition) is 1. The van der Waals surface area contributed by atoms with Crippen LogP contribution in [0, 0.1) is 5.92 Å². The monoisotopic (exact) mass is 558 g/mol. The molecule has 0 aromatic heterocycles. The Morgan fingerprint density at radius 2 is 1.71 bits per heavy atom. The van der Waals surface area contributed by atoms with Crippen molar-refractivity contribution in [3.63, 3.8) is 0 Å². The lowest BCUT2D eigenvalue weighted by Gasteiger charge is -2.42. The Kier molecular flexibility index (Phi) is 8.23. The predicted molar refractivity (Wildman–Crippen MR) is 129 cm³/mol. The Morgan fingerprint density at radius 3 is 2.32 bits per heavy atom. The van der Waals surface area contributed by atoms with E-state index in [-0.39, 0.29) is 17.5 Å². The van der Waals surface area contributed by atoms with Gasteiger partial charge in [-0.15, -0.1) is 0 Å². The van der Waals surface area contributed by atoms with Crippen LogP contribution in [0.1, 0.15) is 42.3 Å². The van der Waals surface area contributed by atoms with Gasteiger partial charge in [0, 0.05) is 34.5 Å². The van der Waals surface area contributed by atoms with Gasteiger partial charge in [0.25, 0.3) is 0 Å². The molecule has 0 bridgehead atoms. The third-order valence-corrected chi connectivity index (χ3v) is 7.62. The lowest BCUT2D eigenvalue weighted by molar-refractivity contribution is -0.165. The van der Waals surface area contributed by atoms with E-state index in [1.54, 1.807) is 0 Å². The minimum atomic E-state index is -4.62. The number of halogens is 5. The smallest absolute Gasteiger partial charge is 0.379 e. The number of carbonyl (C=O) groups is 1. The molecule has 1 heterocycles. The summed E-state index contributed by atoms with van der Waals surface area (Å²) < 4.78 is 48.2. The van der Waals surface area contributed by atoms with Gasteiger partial charge in [-0.2, -0.15) is 13.2 Å². The minimum absolute atomic E-state index is 0.0348. The van der Waals surface area contributed by atoms with E-state index in [2.05, 4.69) is 26.1 Å². The third kappa shape index (κ3) is 6.14. The summed E-state index contributed by atoms with van der Waals surface area (Å²) in [6, 6.07) is 11.3. The normalized spacial score (nSPS) is 25.0. The van der Waals surface area contributed by atoms with Crippen LogP contribution < -0.4 is 5.32 Å². The van der Waals surface area contributed by atoms with Gasteiger partial charge in [-0.05, 0) is 60.6 Å². The van der Waals surface area contributed by atoms with E-state index in [1.165, 1.54) is 24.3 Å². The summed E-state index contributed by atoms with van der Waals surface area (Å²) in [6.45, 7) is 3.03. The second-order valence-corrected chi connectivity index (χ2v) is 10.3. The number of amides is 1. The number of alkyl halides is 3. The standard InChI is InChI=1S/C25H27BrClF3N2O2/c26-18-5-1-16(2-6-18)22-15-20(32-11-13-34-14-12-32)9-10-21(22)24(33)31-23(25(28,29)30)17-3-7-19(27)8-4-17/h1-8,20-23H,9-15H2,(H,31,33)/t20-,21+,22-,23?/m0/s1. The van der Waals surface area contributed by atoms with Gasteiger partial charge in [0.1, 0.15) is 0 Å². The van der Waals surface area contributed by atoms with Gasteiger partial charge in [-0.1, -0.05) is 51.8 Å². The van der Waals surface area contributed by atoms with Crippen LogP contribution in [0.4, 0.5) is 13.2 Å². The average Bonchev–Trinajstić information content (AvgIpc) is 2.83. The van der Waals surface area contributed by atoms with Crippen LogP contribution in [0.5, 0.6) is 0 Å². The lowest BCUT2D eigenvalue weighted by atomic mass is 9.72. The lowest BCUT2D eigenvalue weighted by Crippen LogP contribution is -2.49. The molecule has 2 fully saturated rings. The molecule has 1 amide bonds. The summed E-state index contributed by atoms with van der Waals surface area (Å²) in [7, 11) is 0. The van der Waals surface area contributed by atoms with Crippen LogP contribution in [0.25, 0.3) is 0 Å². The van der Waals surface area contributed by atoms with E-state index in [4.69, 9.17) is 16.3 Å². The van der Waals surface area contributed by atoms with Gasteiger partial charge in [0.05, 0.1) is 13.2 Å². The van der Waals surface area contributed by atoms with Crippen LogP contribution in [-0.2, 0) is 9.53 Å². The van der Waals surface area contributed by atoms with E-state index in [1.807, 2.05) is 24.3 Å². The summed E-state index contributed by atoms with van der Waals surface area (Å²) in [4.78, 5) is 15.7. The number of benzene rings is 2. The highest BCUT2D eigenvalue weighted by molar-refractivity contribution is 9.10. The zero-order valence-electron chi connectivity index (χ0n) is 18.5. The Morgan fingerprint density at radius 1 is 1.06 bits per heavy atom. The van der Waals surface area contributed by atoms with Gasteiger partial charge >= 0.3 is 6.18 Å². The van der Waals surface area contributed by atoms with Crippen LogP contribution in [0.3, 0.4) is 0 Å². The van der Waals surface area contributed by atoms with Crippen molar-refractivity contribution in [3.8, 4) is 0 Å². The summed E-state index contributed by atoms with van der Waals surface area (Å²) >= 11 is 9.29. The fourth-order valence-electron chi connectivity index (χ4n) is 5.07. The molecule has 4 rings (SSSR count). The number of carbonyl (C=O) groups excluding carboxylic acids is 1. The Hall–Kier alpha value is -1.61. The predicted octanol–water partition coefficient (Wildman–Crippen LogP) is 6.11. The van der Waals surface area contributed by atoms with Crippen LogP contribution in [0.2, 0.25) is 5.02 Å². The SMILES string of the molecule is O=C(NC(c1ccc(Cl)cc1)C(F)(F)F)[C@@H]1CC[C@H](N2CCOCC2)C[C@H]1c1ccc(Br)cc1. The maximum Gasteiger partial charge on any atom is 0.412 e. The minimum Gasteiger partial charge on any atom is -0.379 e. The zero-order valence-corrected chi connectivity index (χ0v) is 20.9. The van der Waals surface area contributed by atoms with Gasteiger partial charge in [0.15, 0.2) is 6.04 Å². The van der Waals surface area contributed by atoms with Gasteiger partial charge < -0.3 is 10.1 Å². The van der Waals surface area contributed by atoms with Crippen LogP contribution >= 0.6 is 27.5 Å². The first-order valence-corrected chi connectivity index (χ1v) is 12.6. The molecule has 1 saturated heterocycles. The Labute approximate surface area is 210 Å². The van der Waals surface area contributed by atoms with Crippen molar-refractivity contribution in [2.45, 2.75) is 43.4 Å². The topological polar surface area (TPSA) is 41.6 Å². The average molecular weight is 560 g/mol. The number of nitrogens with one attached hydrogen (secondary N) is 1. The molecule has 9 heteroatoms. The molecule has 2 aliphatic rings. The summed E-state index contributed by atoms with van der Waals surface area (Å²) in [5.41, 5.74) is 0.934. The van der Waals surface area contributed by atoms with Crippen molar-refractivity contribution in [2.75, 3.05) is 26.3 Å². The molecule has 0 radical (unpaired) electrons. The Bertz CT molecular complexity index is 966. The number of nitrogens with zero attached hydrogens (tertiary/aromatic N) is 1. The molecule has 1 aliphatic heterocycles. The molecule has 1 saturated carbocycles. The highest BCUT2D eigenvalue weighted by Gasteiger charge is 2.45. The van der Waals surface area contributed by atoms with E-state index in [0.717, 1.165) is 36.0 Å². The van der Waals surface area contributed by atoms with Crippen molar-refractivity contribution < 1.29 is 22.7 Å².